The van der Waals surface area contributed by atoms with Crippen molar-refractivity contribution in [3.05, 3.63) is 64.2 Å². The number of fused-ring (bicyclic) bond motifs is 1. The van der Waals surface area contributed by atoms with Gasteiger partial charge in [-0.2, -0.15) is 0 Å². The van der Waals surface area contributed by atoms with E-state index in [1.165, 1.54) is 11.1 Å². The minimum absolute atomic E-state index is 0.0205. The van der Waals surface area contributed by atoms with E-state index in [2.05, 4.69) is 12.1 Å². The summed E-state index contributed by atoms with van der Waals surface area (Å²) in [6, 6.07) is 13.7. The average Bonchev–Trinajstić information content (AvgIpc) is 2.57. The first-order valence-corrected chi connectivity index (χ1v) is 8.21. The Bertz CT molecular complexity index is 729. The lowest BCUT2D eigenvalue weighted by Gasteiger charge is -2.31. The zero-order valence-electron chi connectivity index (χ0n) is 13.4. The number of rotatable bonds is 3. The van der Waals surface area contributed by atoms with Gasteiger partial charge in [-0.15, -0.1) is 0 Å². The fourth-order valence-corrected chi connectivity index (χ4v) is 3.00. The normalized spacial score (nSPS) is 15.0. The molecule has 2 aromatic rings. The first-order valence-electron chi connectivity index (χ1n) is 7.83. The van der Waals surface area contributed by atoms with E-state index < -0.39 is 6.10 Å². The molecule has 3 rings (SSSR count). The smallest absolute Gasteiger partial charge is 0.263 e. The van der Waals surface area contributed by atoms with Crippen molar-refractivity contribution in [1.82, 2.24) is 4.90 Å². The summed E-state index contributed by atoms with van der Waals surface area (Å²) in [6.07, 6.45) is 0.384. The van der Waals surface area contributed by atoms with Crippen molar-refractivity contribution in [1.29, 1.82) is 0 Å². The lowest BCUT2D eigenvalue weighted by atomic mass is 9.99. The van der Waals surface area contributed by atoms with E-state index in [9.17, 15) is 4.79 Å². The van der Waals surface area contributed by atoms with Crippen LogP contribution >= 0.6 is 11.6 Å². The Morgan fingerprint density at radius 3 is 2.70 bits per heavy atom. The van der Waals surface area contributed by atoms with E-state index in [0.717, 1.165) is 18.5 Å². The van der Waals surface area contributed by atoms with Crippen LogP contribution in [-0.4, -0.2) is 23.5 Å². The summed E-state index contributed by atoms with van der Waals surface area (Å²) in [7, 11) is 0. The van der Waals surface area contributed by atoms with Gasteiger partial charge in [-0.05, 0) is 55.2 Å². The standard InChI is InChI=1S/C19H20ClNO2/c1-13-11-17(7-8-18(13)20)23-14(2)19(22)21-10-9-15-5-3-4-6-16(15)12-21/h3-8,11,14H,9-10,12H2,1-2H3. The van der Waals surface area contributed by atoms with Gasteiger partial charge >= 0.3 is 0 Å². The van der Waals surface area contributed by atoms with Crippen molar-refractivity contribution in [3.8, 4) is 5.75 Å². The van der Waals surface area contributed by atoms with Crippen LogP contribution in [0.3, 0.4) is 0 Å². The molecule has 0 N–H and O–H groups in total. The molecule has 1 unspecified atom stereocenters. The van der Waals surface area contributed by atoms with E-state index >= 15 is 0 Å². The molecule has 23 heavy (non-hydrogen) atoms. The maximum Gasteiger partial charge on any atom is 0.263 e. The molecule has 0 bridgehead atoms. The highest BCUT2D eigenvalue weighted by molar-refractivity contribution is 6.31. The van der Waals surface area contributed by atoms with Gasteiger partial charge in [0.15, 0.2) is 6.10 Å². The van der Waals surface area contributed by atoms with Crippen molar-refractivity contribution in [2.45, 2.75) is 32.9 Å². The Balaban J connectivity index is 1.67. The second-order valence-electron chi connectivity index (χ2n) is 5.95. The van der Waals surface area contributed by atoms with Crippen molar-refractivity contribution in [2.75, 3.05) is 6.54 Å². The van der Waals surface area contributed by atoms with Gasteiger partial charge in [0.1, 0.15) is 5.75 Å². The molecular formula is C19H20ClNO2. The van der Waals surface area contributed by atoms with Crippen molar-refractivity contribution >= 4 is 17.5 Å². The monoisotopic (exact) mass is 329 g/mol. The molecule has 0 spiro atoms. The predicted molar refractivity (Wildman–Crippen MR) is 91.8 cm³/mol. The maximum absolute atomic E-state index is 12.6. The number of hydrogen-bond acceptors (Lipinski definition) is 2. The number of benzene rings is 2. The summed E-state index contributed by atoms with van der Waals surface area (Å²) in [5.41, 5.74) is 3.50. The summed E-state index contributed by atoms with van der Waals surface area (Å²) in [5.74, 6) is 0.692. The van der Waals surface area contributed by atoms with Crippen LogP contribution in [0.4, 0.5) is 0 Å². The summed E-state index contributed by atoms with van der Waals surface area (Å²) in [6.45, 7) is 5.11. The molecule has 0 fully saturated rings. The molecule has 1 heterocycles. The molecule has 0 radical (unpaired) electrons. The molecule has 1 aliphatic rings. The van der Waals surface area contributed by atoms with Crippen LogP contribution in [0.1, 0.15) is 23.6 Å². The van der Waals surface area contributed by atoms with Crippen molar-refractivity contribution in [2.24, 2.45) is 0 Å². The molecule has 0 aliphatic carbocycles. The molecule has 0 aromatic heterocycles. The molecule has 1 aliphatic heterocycles. The summed E-state index contributed by atoms with van der Waals surface area (Å²) < 4.78 is 5.80. The fourth-order valence-electron chi connectivity index (χ4n) is 2.89. The largest absolute Gasteiger partial charge is 0.481 e. The number of halogens is 1. The van der Waals surface area contributed by atoms with Crippen LogP contribution in [0.5, 0.6) is 5.75 Å². The molecule has 0 saturated carbocycles. The van der Waals surface area contributed by atoms with Crippen LogP contribution in [0.2, 0.25) is 5.02 Å². The maximum atomic E-state index is 12.6. The molecule has 120 valence electrons. The van der Waals surface area contributed by atoms with E-state index in [4.69, 9.17) is 16.3 Å². The highest BCUT2D eigenvalue weighted by Crippen LogP contribution is 2.23. The van der Waals surface area contributed by atoms with E-state index in [1.54, 1.807) is 19.1 Å². The Morgan fingerprint density at radius 1 is 1.22 bits per heavy atom. The quantitative estimate of drug-likeness (QED) is 0.851. The summed E-state index contributed by atoms with van der Waals surface area (Å²) >= 11 is 6.02. The third kappa shape index (κ3) is 3.50. The number of nitrogens with zero attached hydrogens (tertiary/aromatic N) is 1. The molecule has 0 saturated heterocycles. The second-order valence-corrected chi connectivity index (χ2v) is 6.36. The van der Waals surface area contributed by atoms with Gasteiger partial charge in [-0.3, -0.25) is 4.79 Å². The highest BCUT2D eigenvalue weighted by Gasteiger charge is 2.25. The minimum atomic E-state index is -0.513. The number of aryl methyl sites for hydroxylation is 1. The lowest BCUT2D eigenvalue weighted by Crippen LogP contribution is -2.43. The number of ether oxygens (including phenoxy) is 1. The molecule has 2 aromatic carbocycles. The second kappa shape index (κ2) is 6.63. The van der Waals surface area contributed by atoms with E-state index in [1.807, 2.05) is 30.0 Å². The Morgan fingerprint density at radius 2 is 1.96 bits per heavy atom. The number of hydrogen-bond donors (Lipinski definition) is 0. The van der Waals surface area contributed by atoms with Crippen molar-refractivity contribution in [3.63, 3.8) is 0 Å². The van der Waals surface area contributed by atoms with Gasteiger partial charge < -0.3 is 9.64 Å². The number of amides is 1. The van der Waals surface area contributed by atoms with Gasteiger partial charge in [0, 0.05) is 18.1 Å². The van der Waals surface area contributed by atoms with Gasteiger partial charge in [-0.1, -0.05) is 35.9 Å². The van der Waals surface area contributed by atoms with E-state index in [0.29, 0.717) is 17.3 Å². The van der Waals surface area contributed by atoms with Crippen LogP contribution in [0.15, 0.2) is 42.5 Å². The SMILES string of the molecule is Cc1cc(OC(C)C(=O)N2CCc3ccccc3C2)ccc1Cl. The van der Waals surface area contributed by atoms with Crippen LogP contribution in [0, 0.1) is 6.92 Å². The fraction of sp³-hybridized carbons (Fsp3) is 0.316. The van der Waals surface area contributed by atoms with Gasteiger partial charge in [0.05, 0.1) is 0 Å². The van der Waals surface area contributed by atoms with Crippen LogP contribution < -0.4 is 4.74 Å². The molecule has 4 heteroatoms. The first-order chi connectivity index (χ1) is 11.0. The Hall–Kier alpha value is -2.00. The Labute approximate surface area is 141 Å². The zero-order valence-corrected chi connectivity index (χ0v) is 14.1. The number of carbonyl (C=O) groups excluding carboxylic acids is 1. The van der Waals surface area contributed by atoms with Gasteiger partial charge in [0.2, 0.25) is 0 Å². The van der Waals surface area contributed by atoms with Crippen LogP contribution in [-0.2, 0) is 17.8 Å². The zero-order chi connectivity index (χ0) is 16.4. The highest BCUT2D eigenvalue weighted by atomic mass is 35.5. The van der Waals surface area contributed by atoms with Gasteiger partial charge in [-0.25, -0.2) is 0 Å². The predicted octanol–water partition coefficient (Wildman–Crippen LogP) is 4.00. The number of carbonyl (C=O) groups is 1. The topological polar surface area (TPSA) is 29.5 Å². The third-order valence-corrected chi connectivity index (χ3v) is 4.66. The van der Waals surface area contributed by atoms with Crippen LogP contribution in [0.25, 0.3) is 0 Å². The summed E-state index contributed by atoms with van der Waals surface area (Å²) in [4.78, 5) is 14.5. The van der Waals surface area contributed by atoms with E-state index in [-0.39, 0.29) is 5.91 Å². The van der Waals surface area contributed by atoms with Gasteiger partial charge in [0.25, 0.3) is 5.91 Å². The lowest BCUT2D eigenvalue weighted by molar-refractivity contribution is -0.138. The summed E-state index contributed by atoms with van der Waals surface area (Å²) in [5, 5.41) is 0.698. The average molecular weight is 330 g/mol. The molecular weight excluding hydrogens is 310 g/mol. The van der Waals surface area contributed by atoms with Crippen molar-refractivity contribution < 1.29 is 9.53 Å². The molecule has 1 amide bonds. The minimum Gasteiger partial charge on any atom is -0.481 e. The third-order valence-electron chi connectivity index (χ3n) is 4.23. The molecule has 3 nitrogen and oxygen atoms in total. The Kier molecular flexibility index (Phi) is 4.58. The first kappa shape index (κ1) is 15.9. The molecule has 1 atom stereocenters.